The summed E-state index contributed by atoms with van der Waals surface area (Å²) in [4.78, 5) is 16.5. The number of pyridine rings is 1. The Kier molecular flexibility index (Phi) is 5.11. The van der Waals surface area contributed by atoms with E-state index < -0.39 is 0 Å². The molecule has 24 heavy (non-hydrogen) atoms. The Balaban J connectivity index is 1.61. The lowest BCUT2D eigenvalue weighted by Crippen LogP contribution is -2.12. The van der Waals surface area contributed by atoms with Crippen molar-refractivity contribution >= 4 is 38.4 Å². The van der Waals surface area contributed by atoms with Crippen LogP contribution in [0.4, 0.5) is 5.69 Å². The lowest BCUT2D eigenvalue weighted by Gasteiger charge is -2.08. The number of amides is 1. The molecule has 0 atom stereocenters. The number of carbonyl (C=O) groups excluding carboxylic acids is 1. The molecule has 1 N–H and O–H groups in total. The fourth-order valence-corrected chi connectivity index (χ4v) is 3.07. The summed E-state index contributed by atoms with van der Waals surface area (Å²) in [5, 5.41) is 3.91. The first-order valence-electron chi connectivity index (χ1n) is 7.63. The molecule has 1 heterocycles. The number of anilines is 1. The molecular weight excluding hydrogens is 368 g/mol. The number of nitrogens with one attached hydrogen (secondary N) is 1. The van der Waals surface area contributed by atoms with Gasteiger partial charge in [0.1, 0.15) is 5.75 Å². The van der Waals surface area contributed by atoms with Gasteiger partial charge in [-0.1, -0.05) is 24.3 Å². The minimum Gasteiger partial charge on any atom is -0.496 e. The van der Waals surface area contributed by atoms with Gasteiger partial charge < -0.3 is 10.1 Å². The highest BCUT2D eigenvalue weighted by Crippen LogP contribution is 2.26. The van der Waals surface area contributed by atoms with Crippen molar-refractivity contribution in [3.05, 3.63) is 64.8 Å². The van der Waals surface area contributed by atoms with Crippen molar-refractivity contribution in [1.29, 1.82) is 0 Å². The van der Waals surface area contributed by atoms with Gasteiger partial charge in [-0.2, -0.15) is 0 Å². The van der Waals surface area contributed by atoms with E-state index >= 15 is 0 Å². The van der Waals surface area contributed by atoms with E-state index in [4.69, 9.17) is 4.74 Å². The minimum absolute atomic E-state index is 0.0287. The van der Waals surface area contributed by atoms with Crippen LogP contribution in [0.25, 0.3) is 10.9 Å². The molecule has 0 saturated carbocycles. The van der Waals surface area contributed by atoms with Gasteiger partial charge >= 0.3 is 0 Å². The Hall–Kier alpha value is -2.40. The SMILES string of the molecule is COc1ccc(CCC(=O)Nc2cnc3ccccc3c2)cc1Br. The van der Waals surface area contributed by atoms with Crippen LogP contribution >= 0.6 is 15.9 Å². The molecule has 0 bridgehead atoms. The van der Waals surface area contributed by atoms with E-state index in [1.165, 1.54) is 0 Å². The summed E-state index contributed by atoms with van der Waals surface area (Å²) < 4.78 is 6.10. The van der Waals surface area contributed by atoms with Gasteiger partial charge in [-0.15, -0.1) is 0 Å². The number of nitrogens with zero attached hydrogens (tertiary/aromatic N) is 1. The number of benzene rings is 2. The van der Waals surface area contributed by atoms with Gasteiger partial charge in [0.2, 0.25) is 5.91 Å². The zero-order chi connectivity index (χ0) is 16.9. The molecule has 0 aliphatic heterocycles. The number of fused-ring (bicyclic) bond motifs is 1. The Morgan fingerprint density at radius 1 is 1.21 bits per heavy atom. The summed E-state index contributed by atoms with van der Waals surface area (Å²) in [5.74, 6) is 0.754. The zero-order valence-corrected chi connectivity index (χ0v) is 14.8. The maximum absolute atomic E-state index is 12.2. The summed E-state index contributed by atoms with van der Waals surface area (Å²) >= 11 is 3.46. The number of carbonyl (C=O) groups is 1. The molecule has 0 aliphatic rings. The second-order valence-corrected chi connectivity index (χ2v) is 6.29. The van der Waals surface area contributed by atoms with Crippen LogP contribution in [0, 0.1) is 0 Å². The highest BCUT2D eigenvalue weighted by atomic mass is 79.9. The quantitative estimate of drug-likeness (QED) is 0.700. The molecule has 122 valence electrons. The summed E-state index contributed by atoms with van der Waals surface area (Å²) in [6.07, 6.45) is 2.76. The van der Waals surface area contributed by atoms with Gasteiger partial charge in [-0.05, 0) is 52.2 Å². The smallest absolute Gasteiger partial charge is 0.224 e. The predicted octanol–water partition coefficient (Wildman–Crippen LogP) is 4.58. The third-order valence-corrected chi connectivity index (χ3v) is 4.35. The van der Waals surface area contributed by atoms with Gasteiger partial charge in [0.05, 0.1) is 29.0 Å². The van der Waals surface area contributed by atoms with Crippen LogP contribution < -0.4 is 10.1 Å². The molecule has 2 aromatic carbocycles. The molecule has 0 unspecified atom stereocenters. The molecule has 1 aromatic heterocycles. The summed E-state index contributed by atoms with van der Waals surface area (Å²) in [7, 11) is 1.63. The maximum atomic E-state index is 12.2. The summed E-state index contributed by atoms with van der Waals surface area (Å²) in [6.45, 7) is 0. The van der Waals surface area contributed by atoms with Gasteiger partial charge in [0, 0.05) is 11.8 Å². The topological polar surface area (TPSA) is 51.2 Å². The van der Waals surface area contributed by atoms with E-state index in [0.717, 1.165) is 32.4 Å². The van der Waals surface area contributed by atoms with Crippen LogP contribution in [0.15, 0.2) is 59.2 Å². The Morgan fingerprint density at radius 2 is 2.04 bits per heavy atom. The monoisotopic (exact) mass is 384 g/mol. The Labute approximate surface area is 149 Å². The average Bonchev–Trinajstić information content (AvgIpc) is 2.60. The van der Waals surface area contributed by atoms with Crippen LogP contribution in [0.1, 0.15) is 12.0 Å². The van der Waals surface area contributed by atoms with E-state index in [-0.39, 0.29) is 5.91 Å². The van der Waals surface area contributed by atoms with E-state index in [1.807, 2.05) is 48.5 Å². The van der Waals surface area contributed by atoms with E-state index in [2.05, 4.69) is 26.2 Å². The fraction of sp³-hybridized carbons (Fsp3) is 0.158. The van der Waals surface area contributed by atoms with Gasteiger partial charge in [0.25, 0.3) is 0 Å². The lowest BCUT2D eigenvalue weighted by molar-refractivity contribution is -0.116. The summed E-state index contributed by atoms with van der Waals surface area (Å²) in [6, 6.07) is 15.6. The molecule has 0 spiro atoms. The molecule has 0 aliphatic carbocycles. The first-order valence-corrected chi connectivity index (χ1v) is 8.42. The third kappa shape index (κ3) is 3.92. The van der Waals surface area contributed by atoms with Crippen LogP contribution in [-0.2, 0) is 11.2 Å². The Bertz CT molecular complexity index is 880. The van der Waals surface area contributed by atoms with E-state index in [9.17, 15) is 4.79 Å². The number of aromatic nitrogens is 1. The van der Waals surface area contributed by atoms with Crippen molar-refractivity contribution in [2.75, 3.05) is 12.4 Å². The molecular formula is C19H17BrN2O2. The number of rotatable bonds is 5. The highest BCUT2D eigenvalue weighted by Gasteiger charge is 2.06. The molecule has 1 amide bonds. The van der Waals surface area contributed by atoms with Gasteiger partial charge in [-0.25, -0.2) is 0 Å². The second-order valence-electron chi connectivity index (χ2n) is 5.43. The number of hydrogen-bond acceptors (Lipinski definition) is 3. The van der Waals surface area contributed by atoms with E-state index in [0.29, 0.717) is 12.8 Å². The molecule has 5 heteroatoms. The molecule has 0 saturated heterocycles. The molecule has 3 aromatic rings. The fourth-order valence-electron chi connectivity index (χ4n) is 2.49. The van der Waals surface area contributed by atoms with Crippen molar-refractivity contribution in [2.24, 2.45) is 0 Å². The molecule has 0 radical (unpaired) electrons. The predicted molar refractivity (Wildman–Crippen MR) is 99.4 cm³/mol. The van der Waals surface area contributed by atoms with E-state index in [1.54, 1.807) is 13.3 Å². The third-order valence-electron chi connectivity index (χ3n) is 3.73. The summed E-state index contributed by atoms with van der Waals surface area (Å²) in [5.41, 5.74) is 2.71. The van der Waals surface area contributed by atoms with Gasteiger partial charge in [0.15, 0.2) is 0 Å². The normalized spacial score (nSPS) is 10.6. The number of hydrogen-bond donors (Lipinski definition) is 1. The largest absolute Gasteiger partial charge is 0.496 e. The standard InChI is InChI=1S/C19H17BrN2O2/c1-24-18-8-6-13(10-16(18)20)7-9-19(23)22-15-11-14-4-2-3-5-17(14)21-12-15/h2-6,8,10-12H,7,9H2,1H3,(H,22,23). The van der Waals surface area contributed by atoms with Crippen molar-refractivity contribution in [2.45, 2.75) is 12.8 Å². The maximum Gasteiger partial charge on any atom is 0.224 e. The van der Waals surface area contributed by atoms with Crippen LogP contribution in [0.5, 0.6) is 5.75 Å². The van der Waals surface area contributed by atoms with Crippen LogP contribution in [0.3, 0.4) is 0 Å². The average molecular weight is 385 g/mol. The van der Waals surface area contributed by atoms with Crippen LogP contribution in [-0.4, -0.2) is 18.0 Å². The molecule has 4 nitrogen and oxygen atoms in total. The highest BCUT2D eigenvalue weighted by molar-refractivity contribution is 9.10. The van der Waals surface area contributed by atoms with Gasteiger partial charge in [-0.3, -0.25) is 9.78 Å². The van der Waals surface area contributed by atoms with Crippen molar-refractivity contribution < 1.29 is 9.53 Å². The number of aryl methyl sites for hydroxylation is 1. The lowest BCUT2D eigenvalue weighted by atomic mass is 10.1. The van der Waals surface area contributed by atoms with Crippen LogP contribution in [0.2, 0.25) is 0 Å². The number of ether oxygens (including phenoxy) is 1. The molecule has 0 fully saturated rings. The number of para-hydroxylation sites is 1. The number of methoxy groups -OCH3 is 1. The molecule has 3 rings (SSSR count). The second kappa shape index (κ2) is 7.45. The van der Waals surface area contributed by atoms with Crippen molar-refractivity contribution in [3.63, 3.8) is 0 Å². The number of halogens is 1. The van der Waals surface area contributed by atoms with Crippen molar-refractivity contribution in [1.82, 2.24) is 4.98 Å². The zero-order valence-electron chi connectivity index (χ0n) is 13.3. The Morgan fingerprint density at radius 3 is 2.83 bits per heavy atom. The first-order chi connectivity index (χ1) is 11.7. The minimum atomic E-state index is -0.0287. The first kappa shape index (κ1) is 16.5. The van der Waals surface area contributed by atoms with Crippen molar-refractivity contribution in [3.8, 4) is 5.75 Å².